The topological polar surface area (TPSA) is 99.5 Å². The van der Waals surface area contributed by atoms with E-state index in [4.69, 9.17) is 29.3 Å². The number of fused-ring (bicyclic) bond motifs is 1. The molecular weight excluding hydrogens is 546 g/mol. The van der Waals surface area contributed by atoms with Crippen molar-refractivity contribution in [2.24, 2.45) is 0 Å². The van der Waals surface area contributed by atoms with E-state index >= 15 is 0 Å². The Morgan fingerprint density at radius 1 is 1.03 bits per heavy atom. The van der Waals surface area contributed by atoms with Crippen molar-refractivity contribution in [1.82, 2.24) is 9.80 Å². The molecule has 0 bridgehead atoms. The molecule has 1 saturated carbocycles. The Morgan fingerprint density at radius 3 is 2.11 bits per heavy atom. The minimum atomic E-state index is -5.08. The van der Waals surface area contributed by atoms with Crippen molar-refractivity contribution in [1.29, 1.82) is 0 Å². The molecule has 218 valence electrons. The van der Waals surface area contributed by atoms with E-state index in [1.165, 1.54) is 42.1 Å². The van der Waals surface area contributed by atoms with E-state index in [-0.39, 0.29) is 6.10 Å². The fourth-order valence-electron chi connectivity index (χ4n) is 4.48. The lowest BCUT2D eigenvalue weighted by Crippen LogP contribution is -2.51. The van der Waals surface area contributed by atoms with Gasteiger partial charge in [0, 0.05) is 35.4 Å². The zero-order chi connectivity index (χ0) is 28.5. The average Bonchev–Trinajstić information content (AvgIpc) is 3.56. The van der Waals surface area contributed by atoms with Crippen molar-refractivity contribution in [2.75, 3.05) is 39.4 Å². The predicted molar refractivity (Wildman–Crippen MR) is 125 cm³/mol. The number of hydrogen-bond acceptors (Lipinski definition) is 7. The van der Waals surface area contributed by atoms with Crippen LogP contribution in [0.5, 0.6) is 0 Å². The van der Waals surface area contributed by atoms with Crippen LogP contribution in [0.2, 0.25) is 0 Å². The van der Waals surface area contributed by atoms with E-state index in [1.807, 2.05) is 11.3 Å². The van der Waals surface area contributed by atoms with Gasteiger partial charge >= 0.3 is 24.3 Å². The van der Waals surface area contributed by atoms with Gasteiger partial charge in [0.25, 0.3) is 0 Å². The third-order valence-electron chi connectivity index (χ3n) is 6.23. The molecule has 4 rings (SSSR count). The van der Waals surface area contributed by atoms with Gasteiger partial charge < -0.3 is 24.6 Å². The Kier molecular flexibility index (Phi) is 12.3. The molecule has 3 fully saturated rings. The highest BCUT2D eigenvalue weighted by Crippen LogP contribution is 2.33. The second-order valence-electron chi connectivity index (χ2n) is 9.03. The fourth-order valence-corrected chi connectivity index (χ4v) is 5.39. The molecule has 38 heavy (non-hydrogen) atoms. The van der Waals surface area contributed by atoms with Crippen molar-refractivity contribution in [2.45, 2.75) is 69.8 Å². The zero-order valence-corrected chi connectivity index (χ0v) is 21.6. The van der Waals surface area contributed by atoms with Crippen molar-refractivity contribution < 1.29 is 55.6 Å². The average molecular weight is 579 g/mol. The second-order valence-corrected chi connectivity index (χ2v) is 10.4. The molecule has 0 aromatic carbocycles. The number of nitrogens with zero attached hydrogens (tertiary/aromatic N) is 2. The highest BCUT2D eigenvalue weighted by atomic mass is 32.1. The van der Waals surface area contributed by atoms with E-state index in [0.29, 0.717) is 12.1 Å². The first-order valence-electron chi connectivity index (χ1n) is 12.0. The Hall–Kier alpha value is -1.94. The molecule has 2 aliphatic heterocycles. The molecule has 0 amide bonds. The Balaban J connectivity index is 0.000000301. The van der Waals surface area contributed by atoms with Crippen LogP contribution in [-0.2, 0) is 25.6 Å². The van der Waals surface area contributed by atoms with Crippen molar-refractivity contribution >= 4 is 23.3 Å². The number of aliphatic carboxylic acids is 2. The smallest absolute Gasteiger partial charge is 0.475 e. The first kappa shape index (κ1) is 32.3. The van der Waals surface area contributed by atoms with Crippen molar-refractivity contribution in [3.05, 3.63) is 21.9 Å². The van der Waals surface area contributed by atoms with Crippen LogP contribution in [0.15, 0.2) is 12.1 Å². The van der Waals surface area contributed by atoms with E-state index in [0.717, 1.165) is 39.3 Å². The van der Waals surface area contributed by atoms with Gasteiger partial charge in [-0.2, -0.15) is 26.3 Å². The van der Waals surface area contributed by atoms with E-state index in [1.54, 1.807) is 0 Å². The number of likely N-dealkylation sites (tertiary alicyclic amines) is 1. The number of ether oxygens (including phenoxy) is 2. The number of carbonyl (C=O) groups is 2. The van der Waals surface area contributed by atoms with Crippen LogP contribution in [0.3, 0.4) is 0 Å². The summed E-state index contributed by atoms with van der Waals surface area (Å²) in [6, 6.07) is 5.05. The number of halogens is 6. The standard InChI is InChI=1S/C19H30N2O2S.2C2HF3O2/c1-15-4-5-16(24-15)14-21-11-13-23-19-17(21)6-7-18(19)22-12-10-20-8-2-3-9-20;2*3-2(4,5)1(6)7/h4-5,17-19H,2-3,6-14H2,1H3;2*(H,6,7)/t17-,18+,19+;;/m0../s1. The summed E-state index contributed by atoms with van der Waals surface area (Å²) in [7, 11) is 0. The molecule has 0 unspecified atom stereocenters. The molecule has 8 nitrogen and oxygen atoms in total. The SMILES string of the molecule is Cc1ccc(CN2CCO[C@H]3[C@H](OCCN4CCCC4)CC[C@@H]32)s1.O=C(O)C(F)(F)F.O=C(O)C(F)(F)F. The lowest BCUT2D eigenvalue weighted by molar-refractivity contribution is -0.193. The highest BCUT2D eigenvalue weighted by molar-refractivity contribution is 7.11. The number of morpholine rings is 1. The molecule has 0 radical (unpaired) electrons. The lowest BCUT2D eigenvalue weighted by atomic mass is 10.1. The Morgan fingerprint density at radius 2 is 1.61 bits per heavy atom. The van der Waals surface area contributed by atoms with Gasteiger partial charge in [0.1, 0.15) is 0 Å². The van der Waals surface area contributed by atoms with Gasteiger partial charge in [0.2, 0.25) is 0 Å². The number of thiophene rings is 1. The summed E-state index contributed by atoms with van der Waals surface area (Å²) in [6.07, 6.45) is -4.52. The normalized spacial score (nSPS) is 24.1. The summed E-state index contributed by atoms with van der Waals surface area (Å²) < 4.78 is 75.9. The number of hydrogen-bond donors (Lipinski definition) is 2. The minimum Gasteiger partial charge on any atom is -0.475 e. The van der Waals surface area contributed by atoms with Crippen LogP contribution in [0.1, 0.15) is 35.4 Å². The molecule has 2 saturated heterocycles. The van der Waals surface area contributed by atoms with Gasteiger partial charge in [0.15, 0.2) is 0 Å². The Labute approximate surface area is 220 Å². The summed E-state index contributed by atoms with van der Waals surface area (Å²) in [5.41, 5.74) is 0. The molecule has 15 heteroatoms. The molecule has 0 spiro atoms. The van der Waals surface area contributed by atoms with Crippen LogP contribution in [-0.4, -0.2) is 102 Å². The number of rotatable bonds is 6. The molecule has 3 aliphatic rings. The van der Waals surface area contributed by atoms with Crippen LogP contribution in [0, 0.1) is 6.92 Å². The highest BCUT2D eigenvalue weighted by Gasteiger charge is 2.43. The fraction of sp³-hybridized carbons (Fsp3) is 0.739. The maximum absolute atomic E-state index is 10.6. The third kappa shape index (κ3) is 10.7. The number of alkyl halides is 6. The zero-order valence-electron chi connectivity index (χ0n) is 20.8. The van der Waals surface area contributed by atoms with Crippen LogP contribution in [0.4, 0.5) is 26.3 Å². The van der Waals surface area contributed by atoms with Gasteiger partial charge in [-0.25, -0.2) is 9.59 Å². The summed E-state index contributed by atoms with van der Waals surface area (Å²) >= 11 is 1.93. The molecular formula is C23H32F6N2O6S. The van der Waals surface area contributed by atoms with E-state index in [9.17, 15) is 26.3 Å². The first-order chi connectivity index (χ1) is 17.7. The van der Waals surface area contributed by atoms with Crippen LogP contribution >= 0.6 is 11.3 Å². The van der Waals surface area contributed by atoms with Gasteiger partial charge in [-0.15, -0.1) is 11.3 Å². The Bertz CT molecular complexity index is 866. The third-order valence-corrected chi connectivity index (χ3v) is 7.21. The van der Waals surface area contributed by atoms with Crippen molar-refractivity contribution in [3.8, 4) is 0 Å². The molecule has 1 aliphatic carbocycles. The number of carboxylic acid groups (broad SMARTS) is 2. The maximum atomic E-state index is 10.6. The summed E-state index contributed by atoms with van der Waals surface area (Å²) in [5, 5.41) is 14.2. The van der Waals surface area contributed by atoms with Gasteiger partial charge in [-0.05, 0) is 57.8 Å². The maximum Gasteiger partial charge on any atom is 0.490 e. The van der Waals surface area contributed by atoms with Crippen LogP contribution < -0.4 is 0 Å². The minimum absolute atomic E-state index is 0.276. The van der Waals surface area contributed by atoms with Gasteiger partial charge in [-0.1, -0.05) is 0 Å². The van der Waals surface area contributed by atoms with Crippen LogP contribution in [0.25, 0.3) is 0 Å². The quantitative estimate of drug-likeness (QED) is 0.486. The lowest BCUT2D eigenvalue weighted by Gasteiger charge is -2.39. The number of aryl methyl sites for hydroxylation is 1. The van der Waals surface area contributed by atoms with Gasteiger partial charge in [0.05, 0.1) is 25.4 Å². The molecule has 2 N–H and O–H groups in total. The van der Waals surface area contributed by atoms with E-state index in [2.05, 4.69) is 28.9 Å². The first-order valence-corrected chi connectivity index (χ1v) is 12.8. The summed E-state index contributed by atoms with van der Waals surface area (Å²) in [6.45, 7) is 9.62. The van der Waals surface area contributed by atoms with Crippen molar-refractivity contribution in [3.63, 3.8) is 0 Å². The van der Waals surface area contributed by atoms with Gasteiger partial charge in [-0.3, -0.25) is 4.90 Å². The largest absolute Gasteiger partial charge is 0.490 e. The summed E-state index contributed by atoms with van der Waals surface area (Å²) in [5.74, 6) is -5.51. The molecule has 1 aromatic rings. The predicted octanol–water partition coefficient (Wildman–Crippen LogP) is 4.17. The monoisotopic (exact) mass is 578 g/mol. The molecule has 3 heterocycles. The molecule has 1 aromatic heterocycles. The molecule has 3 atom stereocenters. The summed E-state index contributed by atoms with van der Waals surface area (Å²) in [4.78, 5) is 25.8. The second kappa shape index (κ2) is 14.4. The van der Waals surface area contributed by atoms with E-state index < -0.39 is 24.3 Å². The number of carboxylic acids is 2.